The van der Waals surface area contributed by atoms with Gasteiger partial charge in [0.15, 0.2) is 31.3 Å². The normalized spacial score (nSPS) is 24.1. The highest BCUT2D eigenvalue weighted by molar-refractivity contribution is 5.91. The number of para-hydroxylation sites is 1. The van der Waals surface area contributed by atoms with Crippen molar-refractivity contribution in [3.63, 3.8) is 0 Å². The molecule has 3 saturated heterocycles. The van der Waals surface area contributed by atoms with E-state index in [0.717, 1.165) is 87.2 Å². The lowest BCUT2D eigenvalue weighted by Crippen LogP contribution is -2.63. The Morgan fingerprint density at radius 1 is 0.480 bits per heavy atom. The Bertz CT molecular complexity index is 5240. The summed E-state index contributed by atoms with van der Waals surface area (Å²) in [4.78, 5) is 127. The maximum Gasteiger partial charge on any atom is 0.490 e. The molecule has 20 atom stereocenters. The van der Waals surface area contributed by atoms with Crippen molar-refractivity contribution in [3.8, 4) is 11.1 Å². The fourth-order valence-electron chi connectivity index (χ4n) is 13.4. The number of carboxylic acids is 6. The summed E-state index contributed by atoms with van der Waals surface area (Å²) in [6.07, 6.45) is -47.7. The third-order valence-electron chi connectivity index (χ3n) is 19.8. The summed E-state index contributed by atoms with van der Waals surface area (Å²) < 4.78 is 237. The van der Waals surface area contributed by atoms with Crippen LogP contribution < -0.4 is 78.2 Å². The molecule has 0 bridgehead atoms. The van der Waals surface area contributed by atoms with Crippen molar-refractivity contribution in [2.24, 2.45) is 65.0 Å². The zero-order chi connectivity index (χ0) is 111. The molecule has 820 valence electrons. The fraction of sp³-hybridized carbons (Fsp3) is 0.442. The van der Waals surface area contributed by atoms with Crippen molar-refractivity contribution in [2.45, 2.75) is 198 Å². The van der Waals surface area contributed by atoms with Gasteiger partial charge in [0.05, 0.1) is 69.4 Å². The second-order valence-corrected chi connectivity index (χ2v) is 29.9. The number of alkyl halides is 18. The minimum Gasteiger partial charge on any atom is -0.475 e. The summed E-state index contributed by atoms with van der Waals surface area (Å²) in [6, 6.07) is 25.9. The number of aliphatic hydroxyl groups is 6. The number of aromatic amines is 1. The molecule has 6 aromatic rings. The molecule has 148 heavy (non-hydrogen) atoms. The number of aromatic nitrogens is 4. The van der Waals surface area contributed by atoms with Gasteiger partial charge < -0.3 is 143 Å². The maximum atomic E-state index is 14.9. The van der Waals surface area contributed by atoms with Crippen LogP contribution in [0.1, 0.15) is 40.3 Å². The number of carbonyl (C=O) groups is 9. The molecule has 5 heterocycles. The minimum atomic E-state index is -5.08. The molecule has 2 aliphatic carbocycles. The number of amides is 3. The number of nitrogens with two attached hydrogens (primary N) is 6. The monoisotopic (exact) mass is 2160 g/mol. The average Bonchev–Trinajstić information content (AvgIpc) is 1.52. The highest BCUT2D eigenvalue weighted by atomic mass is 19.4. The van der Waals surface area contributed by atoms with Gasteiger partial charge in [-0.3, -0.25) is 34.5 Å². The molecule has 2 aromatic heterocycles. The Balaban J connectivity index is 0.000000764. The Hall–Kier alpha value is -14.6. The van der Waals surface area contributed by atoms with E-state index in [1.807, 2.05) is 103 Å². The van der Waals surface area contributed by atoms with E-state index in [0.29, 0.717) is 0 Å². The molecule has 71 heteroatoms. The Morgan fingerprint density at radius 3 is 1.32 bits per heavy atom. The first-order valence-corrected chi connectivity index (χ1v) is 41.0. The number of hydrogen-bond acceptors (Lipinski definition) is 36. The summed E-state index contributed by atoms with van der Waals surface area (Å²) in [5, 5.41) is 129. The van der Waals surface area contributed by atoms with E-state index in [1.54, 1.807) is 6.20 Å². The van der Waals surface area contributed by atoms with Crippen LogP contribution in [0, 0.1) is 0 Å². The lowest BCUT2D eigenvalue weighted by Gasteiger charge is -2.46. The number of ether oxygens (including phenoxy) is 7. The van der Waals surface area contributed by atoms with Crippen molar-refractivity contribution in [1.82, 2.24) is 68.1 Å². The van der Waals surface area contributed by atoms with Crippen molar-refractivity contribution in [2.75, 3.05) is 13.2 Å². The summed E-state index contributed by atoms with van der Waals surface area (Å²) >= 11 is 0. The number of benzene rings is 4. The third kappa shape index (κ3) is 38.0. The van der Waals surface area contributed by atoms with Crippen LogP contribution in [0.2, 0.25) is 0 Å². The number of carboxylic acid groups (broad SMARTS) is 6. The predicted octanol–water partition coefficient (Wildman–Crippen LogP) is -2.41. The molecular formula is C77H93F18N25O28. The van der Waals surface area contributed by atoms with Crippen LogP contribution in [0.3, 0.4) is 0 Å². The number of rotatable bonds is 32. The van der Waals surface area contributed by atoms with Crippen LogP contribution in [0.25, 0.3) is 22.0 Å². The van der Waals surface area contributed by atoms with Gasteiger partial charge in [-0.1, -0.05) is 102 Å². The first kappa shape index (κ1) is 124. The molecular weight excluding hydrogens is 2060 g/mol. The van der Waals surface area contributed by atoms with Gasteiger partial charge in [0.25, 0.3) is 0 Å². The number of halogens is 18. The lowest BCUT2D eigenvalue weighted by molar-refractivity contribution is -0.306. The van der Waals surface area contributed by atoms with Crippen LogP contribution in [0.15, 0.2) is 145 Å². The van der Waals surface area contributed by atoms with E-state index in [9.17, 15) is 124 Å². The zero-order valence-corrected chi connectivity index (χ0v) is 74.6. The number of aliphatic imine (C=N–C) groups is 6. The van der Waals surface area contributed by atoms with E-state index in [-0.39, 0.29) is 37.6 Å². The number of carbonyl (C=O) groups excluding carboxylic acids is 3. The number of hydrazine groups is 6. The molecule has 0 spiro atoms. The van der Waals surface area contributed by atoms with Gasteiger partial charge in [0.2, 0.25) is 11.8 Å². The minimum absolute atomic E-state index is 0.0534. The quantitative estimate of drug-likeness (QED) is 0.00688. The van der Waals surface area contributed by atoms with E-state index >= 15 is 0 Å². The van der Waals surface area contributed by atoms with Crippen molar-refractivity contribution in [3.05, 3.63) is 143 Å². The van der Waals surface area contributed by atoms with E-state index in [4.69, 9.17) is 128 Å². The Morgan fingerprint density at radius 2 is 0.878 bits per heavy atom. The summed E-state index contributed by atoms with van der Waals surface area (Å²) in [5.74, 6) is 15.2. The molecule has 0 radical (unpaired) electrons. The highest BCUT2D eigenvalue weighted by Crippen LogP contribution is 2.45. The summed E-state index contributed by atoms with van der Waals surface area (Å²) in [7, 11) is 0. The van der Waals surface area contributed by atoms with Crippen LogP contribution >= 0.6 is 0 Å². The molecule has 1 unspecified atom stereocenters. The molecule has 53 nitrogen and oxygen atoms in total. The van der Waals surface area contributed by atoms with Crippen LogP contribution in [-0.4, -0.2) is 351 Å². The molecule has 33 N–H and O–H groups in total. The molecule has 5 aliphatic rings. The second kappa shape index (κ2) is 56.9. The van der Waals surface area contributed by atoms with Gasteiger partial charge in [-0.05, 0) is 45.9 Å². The number of fused-ring (bicyclic) bond motifs is 4. The van der Waals surface area contributed by atoms with E-state index < -0.39 is 233 Å². The smallest absolute Gasteiger partial charge is 0.475 e. The Labute approximate surface area is 815 Å². The summed E-state index contributed by atoms with van der Waals surface area (Å²) in [6.45, 7) is -1.50. The number of nitrogens with zero attached hydrogens (tertiary/aromatic N) is 10. The van der Waals surface area contributed by atoms with Crippen molar-refractivity contribution >= 4 is 103 Å². The third-order valence-corrected chi connectivity index (χ3v) is 19.8. The number of H-pyrrole nitrogens is 1. The number of aliphatic carboxylic acids is 6. The zero-order valence-electron chi connectivity index (χ0n) is 74.6. The maximum absolute atomic E-state index is 14.9. The summed E-state index contributed by atoms with van der Waals surface area (Å²) in [5.41, 5.74) is 19.7. The molecule has 1 saturated carbocycles. The van der Waals surface area contributed by atoms with E-state index in [1.165, 1.54) is 10.9 Å². The fourth-order valence-corrected chi connectivity index (χ4v) is 13.4. The molecule has 3 aliphatic heterocycles. The molecule has 4 fully saturated rings. The average molecular weight is 2160 g/mol. The first-order chi connectivity index (χ1) is 69.2. The SMILES string of the molecule is NNC=N[C@@H]1[C@H](O[C@H]2[C@@H](O)[C@H](O[C@H]3[C@@H](O)[C@H](N=CNN)C[C@H](N=CNN)[C@H]3O[C@H]3O[C@H](/N=C/NN)[C@@H](O)[C@H](O)[C@H]3N=CNN)O[C@@H]2Cn2cc(CN(CC(=O)NC(Cc3c[nH]c4ccccc34)C(=O)NCc3ccccc3)C(=O)OCC3c4ccccc4-c4ccccc43)nn2)O[C@H](/N=C/NN)[C@H](O)[C@H]1O.O=C(O)C(F)(F)F.O=C(O)C(F)(F)F.O=C(O)C(F)(F)F.O=C(O)C(F)(F)F.O=C(O)C(F)(F)F.O=C(O)C(F)(F)F. The van der Waals surface area contributed by atoms with Crippen molar-refractivity contribution in [1.29, 1.82) is 0 Å². The van der Waals surface area contributed by atoms with Gasteiger partial charge in [0, 0.05) is 36.0 Å². The topological polar surface area (TPSA) is 837 Å². The van der Waals surface area contributed by atoms with Gasteiger partial charge in [-0.25, -0.2) is 83.3 Å². The Kier molecular flexibility index (Phi) is 47.7. The van der Waals surface area contributed by atoms with Gasteiger partial charge >= 0.3 is 79.0 Å². The molecule has 4 aromatic carbocycles. The van der Waals surface area contributed by atoms with Crippen LogP contribution in [0.5, 0.6) is 0 Å². The van der Waals surface area contributed by atoms with E-state index in [2.05, 4.69) is 88.4 Å². The largest absolute Gasteiger partial charge is 0.490 e. The standard InChI is InChI=1S/C65H87N25O16.6C2HF3O2/c66-80-27-74-43-19-44(75-28-81-67)56(102-62-48(76-29-82-68)51(93)53(95)60(105-62)78-31-84-70)58(50(43)92)104-64-55(97)57(103-63-49(77-30-83-69)52(94)54(96)61(106-63)79-32-85-71)46(101-64)24-90-23-35(87-88-90)22-89(65(99)100-26-41-39-15-6-4-13-37(39)38-14-5-7-16-40(38)41)25-47(91)86-45(59(98)73-20-33-10-2-1-3-11-33)18-34-21-72-42-17-9-8-12-36(34)42;6*3-2(4,5)1(6)7/h1-17,21,23,27-32,41,43-46,48-58,60-64,72,92-97H,18-20,22,24-26,66-71H2,(H,73,98)(H,74,80)(H,75,81)(H,76,82)(H,77,83)(H,78,84)(H,79,85)(H,86,91);6*(H,6,7)/t43-,44+,45?,46-,48-,49+,50+,51-,52+,53+,54-,55-,56-,57-,58+,60+,61+,62+,63-,64+;;;;;;/m1....../s1. The second-order valence-electron chi connectivity index (χ2n) is 29.9. The lowest BCUT2D eigenvalue weighted by atomic mass is 9.83. The highest BCUT2D eigenvalue weighted by Gasteiger charge is 2.57. The van der Waals surface area contributed by atoms with Crippen LogP contribution in [0.4, 0.5) is 83.8 Å². The first-order valence-electron chi connectivity index (χ1n) is 41.0. The van der Waals surface area contributed by atoms with Crippen LogP contribution in [-0.2, 0) is 97.6 Å². The van der Waals surface area contributed by atoms with Gasteiger partial charge in [-0.15, -0.1) is 5.10 Å². The number of nitrogens with one attached hydrogen (secondary N) is 9. The molecule has 11 rings (SSSR count). The van der Waals surface area contributed by atoms with Gasteiger partial charge in [0.1, 0.15) is 98.0 Å². The number of hydrogen-bond donors (Lipinski definition) is 27. The van der Waals surface area contributed by atoms with Gasteiger partial charge in [-0.2, -0.15) is 79.0 Å². The van der Waals surface area contributed by atoms with Crippen molar-refractivity contribution < 1.29 is 217 Å². The number of aliphatic hydroxyl groups excluding tert-OH is 6. The predicted molar refractivity (Wildman–Crippen MR) is 461 cm³/mol. The molecule has 3 amide bonds.